The van der Waals surface area contributed by atoms with E-state index in [1.54, 1.807) is 19.1 Å². The molecular weight excluding hydrogens is 330 g/mol. The van der Waals surface area contributed by atoms with E-state index in [0.29, 0.717) is 3.97 Å². The van der Waals surface area contributed by atoms with Gasteiger partial charge in [0.1, 0.15) is 5.82 Å². The summed E-state index contributed by atoms with van der Waals surface area (Å²) in [7, 11) is -7.69. The van der Waals surface area contributed by atoms with Crippen LogP contribution >= 0.6 is 0 Å². The van der Waals surface area contributed by atoms with Crippen LogP contribution in [-0.2, 0) is 20.0 Å². The van der Waals surface area contributed by atoms with Gasteiger partial charge < -0.3 is 0 Å². The SMILES string of the molecule is Cc1ccc(S(=O)(=O)n2ccc(NS(C)(=O)=O)nc2=O)cc1. The van der Waals surface area contributed by atoms with Gasteiger partial charge in [-0.25, -0.2) is 21.6 Å². The van der Waals surface area contributed by atoms with E-state index in [9.17, 15) is 21.6 Å². The summed E-state index contributed by atoms with van der Waals surface area (Å²) in [6.07, 6.45) is 1.85. The van der Waals surface area contributed by atoms with Crippen molar-refractivity contribution in [2.75, 3.05) is 11.0 Å². The molecule has 0 aliphatic carbocycles. The number of hydrogen-bond donors (Lipinski definition) is 1. The first kappa shape index (κ1) is 16.2. The summed E-state index contributed by atoms with van der Waals surface area (Å²) in [6, 6.07) is 7.05. The minimum Gasteiger partial charge on any atom is -0.267 e. The minimum atomic E-state index is -4.08. The first-order valence-electron chi connectivity index (χ1n) is 5.99. The fraction of sp³-hybridized carbons (Fsp3) is 0.167. The molecule has 8 nitrogen and oxygen atoms in total. The second-order valence-electron chi connectivity index (χ2n) is 4.58. The maximum absolute atomic E-state index is 12.3. The van der Waals surface area contributed by atoms with Crippen molar-refractivity contribution < 1.29 is 16.8 Å². The van der Waals surface area contributed by atoms with E-state index >= 15 is 0 Å². The molecule has 0 aliphatic heterocycles. The van der Waals surface area contributed by atoms with Gasteiger partial charge >= 0.3 is 5.69 Å². The summed E-state index contributed by atoms with van der Waals surface area (Å²) in [4.78, 5) is 15.2. The van der Waals surface area contributed by atoms with Crippen LogP contribution in [-0.4, -0.2) is 32.0 Å². The molecule has 0 bridgehead atoms. The second-order valence-corrected chi connectivity index (χ2v) is 8.15. The van der Waals surface area contributed by atoms with Crippen molar-refractivity contribution in [2.24, 2.45) is 0 Å². The Kier molecular flexibility index (Phi) is 4.07. The van der Waals surface area contributed by atoms with Crippen molar-refractivity contribution in [1.82, 2.24) is 8.96 Å². The number of aromatic nitrogens is 2. The zero-order valence-corrected chi connectivity index (χ0v) is 13.3. The van der Waals surface area contributed by atoms with Crippen LogP contribution in [0.25, 0.3) is 0 Å². The topological polar surface area (TPSA) is 115 Å². The molecule has 1 aromatic heterocycles. The zero-order chi connectivity index (χ0) is 16.5. The fourth-order valence-electron chi connectivity index (χ4n) is 1.65. The highest BCUT2D eigenvalue weighted by Crippen LogP contribution is 2.13. The van der Waals surface area contributed by atoms with Crippen molar-refractivity contribution in [2.45, 2.75) is 11.8 Å². The van der Waals surface area contributed by atoms with Crippen molar-refractivity contribution in [3.8, 4) is 0 Å². The molecule has 0 radical (unpaired) electrons. The molecule has 10 heteroatoms. The Morgan fingerprint density at radius 2 is 1.64 bits per heavy atom. The summed E-state index contributed by atoms with van der Waals surface area (Å²) >= 11 is 0. The van der Waals surface area contributed by atoms with Gasteiger partial charge in [-0.05, 0) is 25.1 Å². The van der Waals surface area contributed by atoms with E-state index in [0.717, 1.165) is 24.1 Å². The van der Waals surface area contributed by atoms with Gasteiger partial charge in [-0.2, -0.15) is 8.96 Å². The zero-order valence-electron chi connectivity index (χ0n) is 11.7. The van der Waals surface area contributed by atoms with E-state index < -0.39 is 25.7 Å². The Hall–Kier alpha value is -2.20. The molecule has 0 unspecified atom stereocenters. The quantitative estimate of drug-likeness (QED) is 0.845. The molecule has 1 N–H and O–H groups in total. The molecule has 1 heterocycles. The average molecular weight is 343 g/mol. The number of hydrogen-bond acceptors (Lipinski definition) is 6. The van der Waals surface area contributed by atoms with Crippen LogP contribution in [0, 0.1) is 6.92 Å². The smallest absolute Gasteiger partial charge is 0.267 e. The summed E-state index contributed by atoms with van der Waals surface area (Å²) in [5, 5.41) is 0. The lowest BCUT2D eigenvalue weighted by atomic mass is 10.2. The molecule has 2 rings (SSSR count). The van der Waals surface area contributed by atoms with Crippen molar-refractivity contribution in [3.63, 3.8) is 0 Å². The van der Waals surface area contributed by atoms with Gasteiger partial charge in [0, 0.05) is 6.20 Å². The van der Waals surface area contributed by atoms with Crippen molar-refractivity contribution in [3.05, 3.63) is 52.6 Å². The Bertz CT molecular complexity index is 961. The lowest BCUT2D eigenvalue weighted by Crippen LogP contribution is -2.30. The van der Waals surface area contributed by atoms with Gasteiger partial charge in [-0.1, -0.05) is 17.7 Å². The van der Waals surface area contributed by atoms with E-state index in [1.165, 1.54) is 12.1 Å². The third-order valence-corrected chi connectivity index (χ3v) is 4.88. The lowest BCUT2D eigenvalue weighted by Gasteiger charge is -2.08. The predicted molar refractivity (Wildman–Crippen MR) is 80.7 cm³/mol. The molecule has 0 atom stereocenters. The van der Waals surface area contributed by atoms with Crippen LogP contribution in [0.1, 0.15) is 5.56 Å². The molecule has 0 fully saturated rings. The molecule has 118 valence electrons. The summed E-state index contributed by atoms with van der Waals surface area (Å²) in [5.41, 5.74) is -0.230. The standard InChI is InChI=1S/C12H13N3O5S2/c1-9-3-5-10(6-4-9)22(19,20)15-8-7-11(13-12(15)16)14-21(2,17)18/h3-8H,1-2H3,(H,13,14,16). The predicted octanol–water partition coefficient (Wildman–Crippen LogP) is 0.160. The highest BCUT2D eigenvalue weighted by Gasteiger charge is 2.19. The van der Waals surface area contributed by atoms with Crippen LogP contribution in [0.15, 0.2) is 46.2 Å². The number of rotatable bonds is 4. The maximum atomic E-state index is 12.3. The Balaban J connectivity index is 2.49. The molecule has 2 aromatic rings. The Morgan fingerprint density at radius 1 is 1.05 bits per heavy atom. The van der Waals surface area contributed by atoms with Crippen LogP contribution in [0.4, 0.5) is 5.82 Å². The van der Waals surface area contributed by atoms with E-state index in [-0.39, 0.29) is 10.7 Å². The minimum absolute atomic E-state index is 0.0641. The summed E-state index contributed by atoms with van der Waals surface area (Å²) in [5.74, 6) is -0.247. The third-order valence-electron chi connectivity index (χ3n) is 2.64. The molecule has 0 saturated carbocycles. The molecule has 0 saturated heterocycles. The normalized spacial score (nSPS) is 12.1. The number of sulfonamides is 1. The average Bonchev–Trinajstić information content (AvgIpc) is 2.36. The number of anilines is 1. The number of nitrogens with zero attached hydrogens (tertiary/aromatic N) is 2. The van der Waals surface area contributed by atoms with E-state index in [4.69, 9.17) is 0 Å². The monoisotopic (exact) mass is 343 g/mol. The highest BCUT2D eigenvalue weighted by molar-refractivity contribution is 7.92. The van der Waals surface area contributed by atoms with Gasteiger partial charge in [0.05, 0.1) is 11.2 Å². The first-order chi connectivity index (χ1) is 10.1. The van der Waals surface area contributed by atoms with E-state index in [2.05, 4.69) is 4.98 Å². The molecule has 1 aromatic carbocycles. The van der Waals surface area contributed by atoms with Gasteiger partial charge in [-0.15, -0.1) is 0 Å². The van der Waals surface area contributed by atoms with Crippen LogP contribution in [0.2, 0.25) is 0 Å². The largest absolute Gasteiger partial charge is 0.363 e. The number of nitrogens with one attached hydrogen (secondary N) is 1. The number of benzene rings is 1. The first-order valence-corrected chi connectivity index (χ1v) is 9.32. The summed E-state index contributed by atoms with van der Waals surface area (Å²) in [6.45, 7) is 1.80. The van der Waals surface area contributed by atoms with E-state index in [1.807, 2.05) is 4.72 Å². The molecule has 0 aliphatic rings. The fourth-order valence-corrected chi connectivity index (χ4v) is 3.31. The molecule has 0 spiro atoms. The second kappa shape index (κ2) is 5.54. The molecule has 22 heavy (non-hydrogen) atoms. The Labute approximate surface area is 127 Å². The van der Waals surface area contributed by atoms with Gasteiger partial charge in [0.2, 0.25) is 10.0 Å². The summed E-state index contributed by atoms with van der Waals surface area (Å²) < 4.78 is 49.3. The van der Waals surface area contributed by atoms with Gasteiger partial charge in [-0.3, -0.25) is 4.72 Å². The van der Waals surface area contributed by atoms with Crippen LogP contribution < -0.4 is 10.4 Å². The van der Waals surface area contributed by atoms with Crippen LogP contribution in [0.3, 0.4) is 0 Å². The third kappa shape index (κ3) is 3.52. The molecule has 0 amide bonds. The highest BCUT2D eigenvalue weighted by atomic mass is 32.2. The van der Waals surface area contributed by atoms with Crippen LogP contribution in [0.5, 0.6) is 0 Å². The maximum Gasteiger partial charge on any atom is 0.363 e. The number of aryl methyl sites for hydroxylation is 1. The molecular formula is C12H13N3O5S2. The van der Waals surface area contributed by atoms with Gasteiger partial charge in [0.25, 0.3) is 10.0 Å². The van der Waals surface area contributed by atoms with Crippen molar-refractivity contribution >= 4 is 25.9 Å². The van der Waals surface area contributed by atoms with Gasteiger partial charge in [0.15, 0.2) is 0 Å². The lowest BCUT2D eigenvalue weighted by molar-refractivity contribution is 0.584. The Morgan fingerprint density at radius 3 is 2.14 bits per heavy atom. The van der Waals surface area contributed by atoms with Crippen molar-refractivity contribution in [1.29, 1.82) is 0 Å².